The van der Waals surface area contributed by atoms with Gasteiger partial charge in [-0.2, -0.15) is 4.31 Å². The molecule has 4 aromatic rings. The number of carbonyl (C=O) groups is 3. The number of imidazole rings is 1. The molecule has 0 radical (unpaired) electrons. The van der Waals surface area contributed by atoms with Crippen LogP contribution in [0.4, 0.5) is 11.6 Å². The van der Waals surface area contributed by atoms with Gasteiger partial charge in [-0.1, -0.05) is 47.5 Å². The van der Waals surface area contributed by atoms with Crippen molar-refractivity contribution < 1.29 is 27.5 Å². The lowest BCUT2D eigenvalue weighted by Crippen LogP contribution is -2.51. The number of nitrogens with zero attached hydrogens (tertiary/aromatic N) is 6. The Hall–Kier alpha value is -4.37. The molecule has 1 saturated heterocycles. The van der Waals surface area contributed by atoms with E-state index in [0.717, 1.165) is 21.0 Å². The third-order valence-corrected chi connectivity index (χ3v) is 11.1. The van der Waals surface area contributed by atoms with Gasteiger partial charge in [-0.15, -0.1) is 0 Å². The van der Waals surface area contributed by atoms with Gasteiger partial charge in [0.05, 0.1) is 11.9 Å². The van der Waals surface area contributed by atoms with Crippen LogP contribution in [0.15, 0.2) is 72.4 Å². The first kappa shape index (κ1) is 36.4. The summed E-state index contributed by atoms with van der Waals surface area (Å²) in [6.07, 6.45) is 6.75. The summed E-state index contributed by atoms with van der Waals surface area (Å²) in [4.78, 5) is 54.6. The molecular formula is C35H37Cl2N7O6S. The monoisotopic (exact) mass is 753 g/mol. The molecule has 0 spiro atoms. The smallest absolute Gasteiger partial charge is 0.328 e. The summed E-state index contributed by atoms with van der Waals surface area (Å²) in [5.41, 5.74) is 0.466. The average Bonchev–Trinajstić information content (AvgIpc) is 3.78. The number of anilines is 2. The molecule has 3 unspecified atom stereocenters. The van der Waals surface area contributed by atoms with E-state index >= 15 is 0 Å². The standard InChI is InChI=1S/C35H37Cl2N7O6S/c1-21(31(46)50-34(2,3)4)41-30(45)28-7-6-12-42(28)51(48,49)29-19-40-33-43(27-14-25(36)13-26(37)15-27)32(47)35(5,44(29)33)16-22-8-10-23(11-9-22)24-17-38-20-39-18-24/h8-11,13-15,17-21,28H,6-7,12,16H2,1-5H3,(H,41,45). The van der Waals surface area contributed by atoms with Crippen molar-refractivity contribution in [2.24, 2.45) is 0 Å². The van der Waals surface area contributed by atoms with Crippen LogP contribution < -0.4 is 10.2 Å². The number of rotatable bonds is 9. The summed E-state index contributed by atoms with van der Waals surface area (Å²) in [5.74, 6) is -1.68. The number of hydrogen-bond acceptors (Lipinski definition) is 9. The molecule has 0 aliphatic carbocycles. The Balaban J connectivity index is 1.37. The van der Waals surface area contributed by atoms with Crippen molar-refractivity contribution in [1.29, 1.82) is 0 Å². The van der Waals surface area contributed by atoms with E-state index in [-0.39, 0.29) is 40.4 Å². The van der Waals surface area contributed by atoms with Gasteiger partial charge < -0.3 is 10.1 Å². The fourth-order valence-corrected chi connectivity index (χ4v) is 8.80. The predicted molar refractivity (Wildman–Crippen MR) is 191 cm³/mol. The minimum atomic E-state index is -4.44. The van der Waals surface area contributed by atoms with Crippen molar-refractivity contribution >= 4 is 62.6 Å². The van der Waals surface area contributed by atoms with Crippen LogP contribution in [-0.4, -0.2) is 74.3 Å². The summed E-state index contributed by atoms with van der Waals surface area (Å²) in [7, 11) is -4.44. The summed E-state index contributed by atoms with van der Waals surface area (Å²) < 4.78 is 37.1. The van der Waals surface area contributed by atoms with Crippen molar-refractivity contribution in [2.45, 2.75) is 82.1 Å². The highest BCUT2D eigenvalue weighted by molar-refractivity contribution is 7.89. The van der Waals surface area contributed by atoms with Crippen molar-refractivity contribution in [2.75, 3.05) is 11.4 Å². The maximum atomic E-state index is 14.6. The molecule has 268 valence electrons. The van der Waals surface area contributed by atoms with Crippen LogP contribution in [0, 0.1) is 0 Å². The molecule has 0 saturated carbocycles. The van der Waals surface area contributed by atoms with E-state index in [0.29, 0.717) is 12.1 Å². The van der Waals surface area contributed by atoms with Crippen LogP contribution in [0.5, 0.6) is 0 Å². The van der Waals surface area contributed by atoms with Crippen molar-refractivity contribution in [3.05, 3.63) is 83.0 Å². The maximum Gasteiger partial charge on any atom is 0.328 e. The maximum absolute atomic E-state index is 14.6. The number of esters is 1. The van der Waals surface area contributed by atoms with Gasteiger partial charge in [0, 0.05) is 41.0 Å². The third-order valence-electron chi connectivity index (χ3n) is 8.77. The van der Waals surface area contributed by atoms with Crippen LogP contribution >= 0.6 is 23.2 Å². The van der Waals surface area contributed by atoms with E-state index in [9.17, 15) is 22.8 Å². The lowest BCUT2D eigenvalue weighted by Gasteiger charge is -2.29. The Morgan fingerprint density at radius 2 is 1.69 bits per heavy atom. The molecule has 51 heavy (non-hydrogen) atoms. The molecule has 2 aliphatic rings. The third kappa shape index (κ3) is 7.10. The number of aromatic nitrogens is 4. The van der Waals surface area contributed by atoms with E-state index in [1.54, 1.807) is 52.2 Å². The van der Waals surface area contributed by atoms with Gasteiger partial charge in [0.25, 0.3) is 15.9 Å². The number of carbonyl (C=O) groups excluding carboxylic acids is 3. The highest BCUT2D eigenvalue weighted by atomic mass is 35.5. The molecule has 2 aromatic carbocycles. The minimum Gasteiger partial charge on any atom is -0.458 e. The Kier molecular flexibility index (Phi) is 9.74. The highest BCUT2D eigenvalue weighted by Crippen LogP contribution is 2.45. The second-order valence-corrected chi connectivity index (χ2v) is 16.5. The van der Waals surface area contributed by atoms with E-state index in [1.807, 2.05) is 24.3 Å². The molecule has 2 amide bonds. The number of fused-ring (bicyclic) bond motifs is 1. The summed E-state index contributed by atoms with van der Waals surface area (Å²) in [5, 5.41) is 2.91. The summed E-state index contributed by atoms with van der Waals surface area (Å²) >= 11 is 12.7. The average molecular weight is 755 g/mol. The zero-order valence-corrected chi connectivity index (χ0v) is 31.0. The first-order valence-electron chi connectivity index (χ1n) is 16.3. The lowest BCUT2D eigenvalue weighted by molar-refractivity contribution is -0.158. The molecule has 13 nitrogen and oxygen atoms in total. The second-order valence-electron chi connectivity index (χ2n) is 13.8. The zero-order chi connectivity index (χ0) is 36.9. The van der Waals surface area contributed by atoms with E-state index in [4.69, 9.17) is 27.9 Å². The molecule has 0 bridgehead atoms. The summed E-state index contributed by atoms with van der Waals surface area (Å²) in [6.45, 7) is 8.32. The molecular weight excluding hydrogens is 717 g/mol. The first-order valence-corrected chi connectivity index (χ1v) is 18.5. The van der Waals surface area contributed by atoms with Gasteiger partial charge in [0.1, 0.15) is 29.6 Å². The van der Waals surface area contributed by atoms with Gasteiger partial charge >= 0.3 is 5.97 Å². The van der Waals surface area contributed by atoms with Crippen LogP contribution in [0.1, 0.15) is 53.0 Å². The topological polar surface area (TPSA) is 157 Å². The van der Waals surface area contributed by atoms with E-state index in [2.05, 4.69) is 20.3 Å². The number of hydrogen-bond donors (Lipinski definition) is 1. The largest absolute Gasteiger partial charge is 0.458 e. The molecule has 3 atom stereocenters. The Morgan fingerprint density at radius 1 is 1.04 bits per heavy atom. The van der Waals surface area contributed by atoms with Crippen LogP contribution in [0.25, 0.3) is 11.1 Å². The zero-order valence-electron chi connectivity index (χ0n) is 28.6. The van der Waals surface area contributed by atoms with Gasteiger partial charge in [-0.05, 0) is 76.8 Å². The molecule has 2 aromatic heterocycles. The van der Waals surface area contributed by atoms with Crippen molar-refractivity contribution in [1.82, 2.24) is 29.1 Å². The normalized spacial score (nSPS) is 19.9. The molecule has 2 aliphatic heterocycles. The van der Waals surface area contributed by atoms with Crippen molar-refractivity contribution in [3.63, 3.8) is 0 Å². The molecule has 1 N–H and O–H groups in total. The Bertz CT molecular complexity index is 2080. The predicted octanol–water partition coefficient (Wildman–Crippen LogP) is 5.28. The lowest BCUT2D eigenvalue weighted by atomic mass is 9.91. The highest BCUT2D eigenvalue weighted by Gasteiger charge is 2.53. The number of halogens is 2. The fourth-order valence-electron chi connectivity index (χ4n) is 6.44. The number of nitrogens with one attached hydrogen (secondary N) is 1. The van der Waals surface area contributed by atoms with E-state index in [1.165, 1.54) is 35.0 Å². The Morgan fingerprint density at radius 3 is 2.31 bits per heavy atom. The molecule has 1 fully saturated rings. The molecule has 6 rings (SSSR count). The quantitative estimate of drug-likeness (QED) is 0.225. The van der Waals surface area contributed by atoms with Crippen LogP contribution in [0.2, 0.25) is 10.0 Å². The number of ether oxygens (including phenoxy) is 1. The SMILES string of the molecule is CC(NC(=O)C1CCCN1S(=O)(=O)c1cnc2n1C(C)(Cc1ccc(-c3cncnc3)cc1)C(=O)N2c1cc(Cl)cc(Cl)c1)C(=O)OC(C)(C)C. The minimum absolute atomic E-state index is 0.0463. The van der Waals surface area contributed by atoms with Gasteiger partial charge in [-0.25, -0.2) is 33.1 Å². The Labute approximate surface area is 306 Å². The van der Waals surface area contributed by atoms with E-state index < -0.39 is 51.0 Å². The summed E-state index contributed by atoms with van der Waals surface area (Å²) in [6, 6.07) is 9.98. The van der Waals surface area contributed by atoms with Gasteiger partial charge in [-0.3, -0.25) is 14.2 Å². The number of benzene rings is 2. The van der Waals surface area contributed by atoms with Crippen LogP contribution in [-0.2, 0) is 41.1 Å². The molecule has 4 heterocycles. The van der Waals surface area contributed by atoms with Crippen molar-refractivity contribution in [3.8, 4) is 11.1 Å². The van der Waals surface area contributed by atoms with Gasteiger partial charge in [0.2, 0.25) is 11.9 Å². The molecule has 16 heteroatoms. The first-order chi connectivity index (χ1) is 24.0. The second kappa shape index (κ2) is 13.6. The van der Waals surface area contributed by atoms with Gasteiger partial charge in [0.15, 0.2) is 5.03 Å². The number of sulfonamides is 1. The number of amides is 2. The fraction of sp³-hybridized carbons (Fsp3) is 0.371. The van der Waals surface area contributed by atoms with Crippen LogP contribution in [0.3, 0.4) is 0 Å².